The predicted octanol–water partition coefficient (Wildman–Crippen LogP) is 3.73. The lowest BCUT2D eigenvalue weighted by atomic mass is 10.2. The largest absolute Gasteiger partial charge is 0.507 e. The molecule has 0 aliphatic heterocycles. The molecule has 23 heavy (non-hydrogen) atoms. The van der Waals surface area contributed by atoms with Gasteiger partial charge in [-0.25, -0.2) is 0 Å². The minimum Gasteiger partial charge on any atom is -0.507 e. The SMILES string of the molecule is Oc1ccccc1C=NNC(=S)Nc1cccc(C(F)(F)F)c1. The Balaban J connectivity index is 1.97. The van der Waals surface area contributed by atoms with Crippen molar-refractivity contribution in [2.45, 2.75) is 6.18 Å². The van der Waals surface area contributed by atoms with Gasteiger partial charge >= 0.3 is 6.18 Å². The zero-order valence-electron chi connectivity index (χ0n) is 11.6. The van der Waals surface area contributed by atoms with Gasteiger partial charge in [0, 0.05) is 11.3 Å². The van der Waals surface area contributed by atoms with Crippen molar-refractivity contribution in [2.75, 3.05) is 5.32 Å². The van der Waals surface area contributed by atoms with Gasteiger partial charge in [0.15, 0.2) is 5.11 Å². The molecule has 3 N–H and O–H groups in total. The minimum atomic E-state index is -4.42. The lowest BCUT2D eigenvalue weighted by Gasteiger charge is -2.10. The molecule has 0 saturated heterocycles. The van der Waals surface area contributed by atoms with Crippen LogP contribution in [0.3, 0.4) is 0 Å². The van der Waals surface area contributed by atoms with Crippen molar-refractivity contribution in [1.29, 1.82) is 0 Å². The van der Waals surface area contributed by atoms with Crippen molar-refractivity contribution >= 4 is 29.2 Å². The fraction of sp³-hybridized carbons (Fsp3) is 0.0667. The number of phenolic OH excluding ortho intramolecular Hbond substituents is 1. The normalized spacial score (nSPS) is 11.4. The van der Waals surface area contributed by atoms with E-state index in [9.17, 15) is 18.3 Å². The van der Waals surface area contributed by atoms with E-state index in [4.69, 9.17) is 12.2 Å². The summed E-state index contributed by atoms with van der Waals surface area (Å²) in [7, 11) is 0. The van der Waals surface area contributed by atoms with Crippen LogP contribution in [0.1, 0.15) is 11.1 Å². The minimum absolute atomic E-state index is 0.0241. The van der Waals surface area contributed by atoms with Crippen LogP contribution in [0.4, 0.5) is 18.9 Å². The summed E-state index contributed by atoms with van der Waals surface area (Å²) in [5.74, 6) is 0.0507. The number of anilines is 1. The van der Waals surface area contributed by atoms with Crippen molar-refractivity contribution < 1.29 is 18.3 Å². The Morgan fingerprint density at radius 1 is 1.13 bits per heavy atom. The smallest absolute Gasteiger partial charge is 0.416 e. The Kier molecular flexibility index (Phi) is 5.17. The van der Waals surface area contributed by atoms with Crippen molar-refractivity contribution in [3.63, 3.8) is 0 Å². The first-order chi connectivity index (χ1) is 10.9. The van der Waals surface area contributed by atoms with E-state index in [0.29, 0.717) is 5.56 Å². The number of halogens is 3. The highest BCUT2D eigenvalue weighted by Crippen LogP contribution is 2.30. The van der Waals surface area contributed by atoms with Crippen LogP contribution in [0.15, 0.2) is 53.6 Å². The molecule has 0 amide bonds. The molecule has 0 radical (unpaired) electrons. The maximum absolute atomic E-state index is 12.6. The van der Waals surface area contributed by atoms with Gasteiger partial charge in [0.1, 0.15) is 5.75 Å². The molecule has 0 spiro atoms. The highest BCUT2D eigenvalue weighted by molar-refractivity contribution is 7.80. The molecule has 2 aromatic carbocycles. The Morgan fingerprint density at radius 3 is 2.57 bits per heavy atom. The molecule has 0 heterocycles. The van der Waals surface area contributed by atoms with E-state index in [0.717, 1.165) is 12.1 Å². The molecule has 8 heteroatoms. The number of hydrazone groups is 1. The van der Waals surface area contributed by atoms with Crippen molar-refractivity contribution in [1.82, 2.24) is 5.43 Å². The van der Waals surface area contributed by atoms with E-state index in [1.54, 1.807) is 18.2 Å². The molecule has 0 unspecified atom stereocenters. The van der Waals surface area contributed by atoms with Gasteiger partial charge in [0.2, 0.25) is 0 Å². The Bertz CT molecular complexity index is 732. The maximum atomic E-state index is 12.6. The van der Waals surface area contributed by atoms with Crippen LogP contribution in [0.25, 0.3) is 0 Å². The van der Waals surface area contributed by atoms with E-state index in [-0.39, 0.29) is 16.5 Å². The van der Waals surface area contributed by atoms with Gasteiger partial charge in [-0.15, -0.1) is 0 Å². The molecular formula is C15H12F3N3OS. The molecule has 0 saturated carbocycles. The van der Waals surface area contributed by atoms with Crippen LogP contribution in [0.5, 0.6) is 5.75 Å². The number of hydrogen-bond donors (Lipinski definition) is 3. The lowest BCUT2D eigenvalue weighted by molar-refractivity contribution is -0.137. The lowest BCUT2D eigenvalue weighted by Crippen LogP contribution is -2.24. The molecule has 0 aliphatic carbocycles. The van der Waals surface area contributed by atoms with Gasteiger partial charge in [0.05, 0.1) is 11.8 Å². The second-order valence-corrected chi connectivity index (χ2v) is 4.87. The number of rotatable bonds is 3. The van der Waals surface area contributed by atoms with Crippen LogP contribution in [-0.4, -0.2) is 16.4 Å². The Morgan fingerprint density at radius 2 is 1.87 bits per heavy atom. The third-order valence-electron chi connectivity index (χ3n) is 2.75. The summed E-state index contributed by atoms with van der Waals surface area (Å²) in [5, 5.41) is 16.0. The third-order valence-corrected chi connectivity index (χ3v) is 2.95. The molecule has 2 rings (SSSR count). The molecular weight excluding hydrogens is 327 g/mol. The summed E-state index contributed by atoms with van der Waals surface area (Å²) < 4.78 is 37.8. The van der Waals surface area contributed by atoms with Crippen LogP contribution >= 0.6 is 12.2 Å². The monoisotopic (exact) mass is 339 g/mol. The number of aromatic hydroxyl groups is 1. The fourth-order valence-electron chi connectivity index (χ4n) is 1.69. The Hall–Kier alpha value is -2.61. The molecule has 0 fully saturated rings. The average molecular weight is 339 g/mol. The zero-order chi connectivity index (χ0) is 16.9. The highest BCUT2D eigenvalue weighted by Gasteiger charge is 2.30. The summed E-state index contributed by atoms with van der Waals surface area (Å²) >= 11 is 4.94. The number of alkyl halides is 3. The van der Waals surface area contributed by atoms with Crippen molar-refractivity contribution in [3.05, 3.63) is 59.7 Å². The Labute approximate surface area is 135 Å². The van der Waals surface area contributed by atoms with Gasteiger partial charge < -0.3 is 10.4 Å². The maximum Gasteiger partial charge on any atom is 0.416 e. The summed E-state index contributed by atoms with van der Waals surface area (Å²) in [6.07, 6.45) is -3.08. The van der Waals surface area contributed by atoms with E-state index >= 15 is 0 Å². The van der Waals surface area contributed by atoms with E-state index in [1.165, 1.54) is 24.4 Å². The summed E-state index contributed by atoms with van der Waals surface area (Å²) in [6, 6.07) is 11.2. The van der Waals surface area contributed by atoms with Crippen molar-refractivity contribution in [2.24, 2.45) is 5.10 Å². The van der Waals surface area contributed by atoms with Crippen LogP contribution in [0, 0.1) is 0 Å². The number of nitrogens with zero attached hydrogens (tertiary/aromatic N) is 1. The van der Waals surface area contributed by atoms with Gasteiger partial charge in [-0.3, -0.25) is 5.43 Å². The summed E-state index contributed by atoms with van der Waals surface area (Å²) in [6.45, 7) is 0. The first-order valence-electron chi connectivity index (χ1n) is 6.41. The van der Waals surface area contributed by atoms with Crippen LogP contribution in [-0.2, 0) is 6.18 Å². The van der Waals surface area contributed by atoms with E-state index < -0.39 is 11.7 Å². The summed E-state index contributed by atoms with van der Waals surface area (Å²) in [4.78, 5) is 0. The van der Waals surface area contributed by atoms with Crippen molar-refractivity contribution in [3.8, 4) is 5.75 Å². The molecule has 0 bridgehead atoms. The standard InChI is InChI=1S/C15H12F3N3OS/c16-15(17,18)11-5-3-6-12(8-11)20-14(23)21-19-9-10-4-1-2-7-13(10)22/h1-9,22H,(H2,20,21,23). The molecule has 2 aromatic rings. The van der Waals surface area contributed by atoms with Crippen LogP contribution in [0.2, 0.25) is 0 Å². The number of hydrogen-bond acceptors (Lipinski definition) is 3. The van der Waals surface area contributed by atoms with Gasteiger partial charge in [-0.1, -0.05) is 18.2 Å². The molecule has 0 aromatic heterocycles. The topological polar surface area (TPSA) is 56.7 Å². The first-order valence-corrected chi connectivity index (χ1v) is 6.82. The second-order valence-electron chi connectivity index (χ2n) is 4.46. The molecule has 120 valence electrons. The average Bonchev–Trinajstić information content (AvgIpc) is 2.48. The van der Waals surface area contributed by atoms with Crippen LogP contribution < -0.4 is 10.7 Å². The van der Waals surface area contributed by atoms with E-state index in [1.807, 2.05) is 0 Å². The fourth-order valence-corrected chi connectivity index (χ4v) is 1.86. The highest BCUT2D eigenvalue weighted by atomic mass is 32.1. The summed E-state index contributed by atoms with van der Waals surface area (Å²) in [5.41, 5.74) is 2.35. The second kappa shape index (κ2) is 7.10. The third kappa shape index (κ3) is 4.96. The number of phenols is 1. The number of para-hydroxylation sites is 1. The number of nitrogens with one attached hydrogen (secondary N) is 2. The first kappa shape index (κ1) is 16.8. The predicted molar refractivity (Wildman–Crippen MR) is 86.5 cm³/mol. The van der Waals surface area contributed by atoms with Gasteiger partial charge in [0.25, 0.3) is 0 Å². The zero-order valence-corrected chi connectivity index (χ0v) is 12.4. The quantitative estimate of drug-likeness (QED) is 0.453. The number of thiocarbonyl (C=S) groups is 1. The molecule has 0 atom stereocenters. The molecule has 4 nitrogen and oxygen atoms in total. The van der Waals surface area contributed by atoms with Gasteiger partial charge in [-0.05, 0) is 42.5 Å². The number of benzene rings is 2. The van der Waals surface area contributed by atoms with E-state index in [2.05, 4.69) is 15.8 Å². The molecule has 0 aliphatic rings. The van der Waals surface area contributed by atoms with Gasteiger partial charge in [-0.2, -0.15) is 18.3 Å².